The summed E-state index contributed by atoms with van der Waals surface area (Å²) in [7, 11) is 1.95. The zero-order chi connectivity index (χ0) is 19.4. The SMILES string of the molecule is CCC(C)c1ccc(C(=O)N2CCN(C(=O)Cc3ccn(C)c3)CC2)cc1. The first-order valence-electron chi connectivity index (χ1n) is 9.75. The average Bonchev–Trinajstić information content (AvgIpc) is 3.11. The van der Waals surface area contributed by atoms with E-state index in [1.807, 2.05) is 52.0 Å². The maximum absolute atomic E-state index is 12.7. The Labute approximate surface area is 161 Å². The van der Waals surface area contributed by atoms with Gasteiger partial charge in [-0.2, -0.15) is 0 Å². The van der Waals surface area contributed by atoms with Gasteiger partial charge in [-0.3, -0.25) is 9.59 Å². The number of amides is 2. The van der Waals surface area contributed by atoms with Gasteiger partial charge in [-0.15, -0.1) is 0 Å². The molecule has 5 heteroatoms. The molecule has 1 aliphatic rings. The van der Waals surface area contributed by atoms with Crippen LogP contribution in [0.4, 0.5) is 0 Å². The minimum absolute atomic E-state index is 0.0564. The van der Waals surface area contributed by atoms with Gasteiger partial charge in [-0.05, 0) is 41.7 Å². The molecule has 2 amide bonds. The molecule has 1 aromatic carbocycles. The van der Waals surface area contributed by atoms with Crippen LogP contribution in [-0.4, -0.2) is 52.4 Å². The van der Waals surface area contributed by atoms with Crippen molar-refractivity contribution in [3.63, 3.8) is 0 Å². The Hall–Kier alpha value is -2.56. The monoisotopic (exact) mass is 367 g/mol. The number of hydrogen-bond donors (Lipinski definition) is 0. The van der Waals surface area contributed by atoms with Crippen LogP contribution in [0.1, 0.15) is 47.7 Å². The van der Waals surface area contributed by atoms with Gasteiger partial charge < -0.3 is 14.4 Å². The Morgan fingerprint density at radius 2 is 1.63 bits per heavy atom. The van der Waals surface area contributed by atoms with Gasteiger partial charge in [0, 0.05) is 51.2 Å². The standard InChI is InChI=1S/C22H29N3O2/c1-4-17(2)19-5-7-20(8-6-19)22(27)25-13-11-24(12-14-25)21(26)15-18-9-10-23(3)16-18/h5-10,16-17H,4,11-15H2,1-3H3. The summed E-state index contributed by atoms with van der Waals surface area (Å²) >= 11 is 0. The fraction of sp³-hybridized carbons (Fsp3) is 0.455. The molecule has 0 spiro atoms. The van der Waals surface area contributed by atoms with Crippen molar-refractivity contribution in [3.8, 4) is 0 Å². The van der Waals surface area contributed by atoms with E-state index in [0.717, 1.165) is 17.5 Å². The Balaban J connectivity index is 1.53. The molecule has 144 valence electrons. The van der Waals surface area contributed by atoms with E-state index in [0.29, 0.717) is 38.5 Å². The highest BCUT2D eigenvalue weighted by atomic mass is 16.2. The van der Waals surface area contributed by atoms with Crippen molar-refractivity contribution in [2.75, 3.05) is 26.2 Å². The summed E-state index contributed by atoms with van der Waals surface area (Å²) in [5.74, 6) is 0.695. The summed E-state index contributed by atoms with van der Waals surface area (Å²) in [6.45, 7) is 6.74. The van der Waals surface area contributed by atoms with Gasteiger partial charge in [0.25, 0.3) is 5.91 Å². The van der Waals surface area contributed by atoms with E-state index in [1.165, 1.54) is 5.56 Å². The zero-order valence-corrected chi connectivity index (χ0v) is 16.5. The summed E-state index contributed by atoms with van der Waals surface area (Å²) in [6, 6.07) is 9.94. The molecule has 0 N–H and O–H groups in total. The van der Waals surface area contributed by atoms with Gasteiger partial charge in [0.2, 0.25) is 5.91 Å². The number of benzene rings is 1. The summed E-state index contributed by atoms with van der Waals surface area (Å²) < 4.78 is 1.95. The van der Waals surface area contributed by atoms with Gasteiger partial charge in [0.15, 0.2) is 0 Å². The Kier molecular flexibility index (Phi) is 5.99. The van der Waals surface area contributed by atoms with Gasteiger partial charge in [0.1, 0.15) is 0 Å². The smallest absolute Gasteiger partial charge is 0.253 e. The molecule has 1 unspecified atom stereocenters. The molecular formula is C22H29N3O2. The zero-order valence-electron chi connectivity index (χ0n) is 16.5. The van der Waals surface area contributed by atoms with Crippen molar-refractivity contribution in [2.45, 2.75) is 32.6 Å². The van der Waals surface area contributed by atoms with E-state index in [-0.39, 0.29) is 11.8 Å². The maximum Gasteiger partial charge on any atom is 0.253 e. The fourth-order valence-electron chi connectivity index (χ4n) is 3.48. The van der Waals surface area contributed by atoms with Crippen LogP contribution in [0.3, 0.4) is 0 Å². The molecule has 2 heterocycles. The highest BCUT2D eigenvalue weighted by molar-refractivity contribution is 5.94. The normalized spacial score (nSPS) is 15.7. The third-order valence-corrected chi connectivity index (χ3v) is 5.51. The first-order chi connectivity index (χ1) is 13.0. The van der Waals surface area contributed by atoms with E-state index in [1.54, 1.807) is 0 Å². The Bertz CT molecular complexity index is 786. The lowest BCUT2D eigenvalue weighted by Crippen LogP contribution is -2.51. The molecule has 0 radical (unpaired) electrons. The van der Waals surface area contributed by atoms with Crippen molar-refractivity contribution < 1.29 is 9.59 Å². The largest absolute Gasteiger partial charge is 0.357 e. The number of hydrogen-bond acceptors (Lipinski definition) is 2. The first-order valence-corrected chi connectivity index (χ1v) is 9.75. The van der Waals surface area contributed by atoms with Gasteiger partial charge >= 0.3 is 0 Å². The molecule has 2 aromatic rings. The van der Waals surface area contributed by atoms with E-state index in [4.69, 9.17) is 0 Å². The van der Waals surface area contributed by atoms with Crippen LogP contribution >= 0.6 is 0 Å². The number of carbonyl (C=O) groups excluding carboxylic acids is 2. The van der Waals surface area contributed by atoms with Gasteiger partial charge in [0.05, 0.1) is 6.42 Å². The minimum Gasteiger partial charge on any atom is -0.357 e. The second-order valence-corrected chi connectivity index (χ2v) is 7.47. The Morgan fingerprint density at radius 3 is 2.19 bits per heavy atom. The van der Waals surface area contributed by atoms with Crippen LogP contribution in [0.5, 0.6) is 0 Å². The van der Waals surface area contributed by atoms with Crippen molar-refractivity contribution in [1.82, 2.24) is 14.4 Å². The second kappa shape index (κ2) is 8.42. The topological polar surface area (TPSA) is 45.6 Å². The van der Waals surface area contributed by atoms with E-state index >= 15 is 0 Å². The highest BCUT2D eigenvalue weighted by Gasteiger charge is 2.25. The summed E-state index contributed by atoms with van der Waals surface area (Å²) in [5, 5.41) is 0. The number of nitrogens with zero attached hydrogens (tertiary/aromatic N) is 3. The second-order valence-electron chi connectivity index (χ2n) is 7.47. The van der Waals surface area contributed by atoms with E-state index in [2.05, 4.69) is 26.0 Å². The summed E-state index contributed by atoms with van der Waals surface area (Å²) in [5.41, 5.74) is 3.03. The van der Waals surface area contributed by atoms with Crippen LogP contribution in [0.2, 0.25) is 0 Å². The van der Waals surface area contributed by atoms with Crippen molar-refractivity contribution >= 4 is 11.8 Å². The van der Waals surface area contributed by atoms with Crippen LogP contribution in [0.15, 0.2) is 42.7 Å². The Morgan fingerprint density at radius 1 is 1.00 bits per heavy atom. The molecule has 1 aliphatic heterocycles. The van der Waals surface area contributed by atoms with Crippen LogP contribution in [0.25, 0.3) is 0 Å². The molecule has 1 atom stereocenters. The predicted octanol–water partition coefficient (Wildman–Crippen LogP) is 3.07. The molecule has 1 saturated heterocycles. The molecule has 5 nitrogen and oxygen atoms in total. The molecule has 3 rings (SSSR count). The van der Waals surface area contributed by atoms with Gasteiger partial charge in [-0.1, -0.05) is 26.0 Å². The lowest BCUT2D eigenvalue weighted by atomic mass is 9.97. The number of piperazine rings is 1. The van der Waals surface area contributed by atoms with Crippen LogP contribution in [-0.2, 0) is 18.3 Å². The number of rotatable bonds is 5. The number of aromatic nitrogens is 1. The fourth-order valence-corrected chi connectivity index (χ4v) is 3.48. The quantitative estimate of drug-likeness (QED) is 0.815. The molecular weight excluding hydrogens is 338 g/mol. The molecule has 1 fully saturated rings. The molecule has 0 bridgehead atoms. The molecule has 0 aliphatic carbocycles. The average molecular weight is 367 g/mol. The van der Waals surface area contributed by atoms with Crippen LogP contribution < -0.4 is 0 Å². The lowest BCUT2D eigenvalue weighted by Gasteiger charge is -2.35. The van der Waals surface area contributed by atoms with E-state index in [9.17, 15) is 9.59 Å². The molecule has 1 aromatic heterocycles. The van der Waals surface area contributed by atoms with E-state index < -0.39 is 0 Å². The first kappa shape index (κ1) is 19.2. The third kappa shape index (κ3) is 4.59. The lowest BCUT2D eigenvalue weighted by molar-refractivity contribution is -0.131. The molecule has 0 saturated carbocycles. The predicted molar refractivity (Wildman–Crippen MR) is 107 cm³/mol. The maximum atomic E-state index is 12.7. The highest BCUT2D eigenvalue weighted by Crippen LogP contribution is 2.19. The number of carbonyl (C=O) groups is 2. The van der Waals surface area contributed by atoms with Gasteiger partial charge in [-0.25, -0.2) is 0 Å². The summed E-state index contributed by atoms with van der Waals surface area (Å²) in [6.07, 6.45) is 5.44. The van der Waals surface area contributed by atoms with Crippen molar-refractivity contribution in [1.29, 1.82) is 0 Å². The molecule has 27 heavy (non-hydrogen) atoms. The van der Waals surface area contributed by atoms with Crippen molar-refractivity contribution in [2.24, 2.45) is 7.05 Å². The number of aryl methyl sites for hydroxylation is 1. The van der Waals surface area contributed by atoms with Crippen molar-refractivity contribution in [3.05, 3.63) is 59.4 Å². The third-order valence-electron chi connectivity index (χ3n) is 5.51. The van der Waals surface area contributed by atoms with Crippen LogP contribution in [0, 0.1) is 0 Å². The minimum atomic E-state index is 0.0564. The summed E-state index contributed by atoms with van der Waals surface area (Å²) in [4.78, 5) is 28.9.